The predicted octanol–water partition coefficient (Wildman–Crippen LogP) is 2.56. The van der Waals surface area contributed by atoms with E-state index in [4.69, 9.17) is 9.57 Å². The van der Waals surface area contributed by atoms with Gasteiger partial charge >= 0.3 is 0 Å². The molecule has 0 aromatic heterocycles. The van der Waals surface area contributed by atoms with Gasteiger partial charge < -0.3 is 9.64 Å². The Morgan fingerprint density at radius 2 is 2.14 bits per heavy atom. The van der Waals surface area contributed by atoms with Crippen LogP contribution in [0.5, 0.6) is 5.75 Å². The summed E-state index contributed by atoms with van der Waals surface area (Å²) < 4.78 is 5.93. The van der Waals surface area contributed by atoms with Crippen molar-refractivity contribution in [2.45, 2.75) is 25.3 Å². The maximum atomic E-state index is 11.0. The maximum absolute atomic E-state index is 11.0. The van der Waals surface area contributed by atoms with Gasteiger partial charge in [0.15, 0.2) is 5.75 Å². The first-order valence-electron chi connectivity index (χ1n) is 7.01. The quantitative estimate of drug-likeness (QED) is 0.475. The predicted molar refractivity (Wildman–Crippen MR) is 79.1 cm³/mol. The number of nitro benzene ring substituents is 1. The van der Waals surface area contributed by atoms with E-state index in [1.165, 1.54) is 12.1 Å². The molecule has 3 heterocycles. The van der Waals surface area contributed by atoms with Crippen molar-refractivity contribution >= 4 is 11.4 Å². The first kappa shape index (κ1) is 13.1. The highest BCUT2D eigenvalue weighted by molar-refractivity contribution is 5.66. The first-order valence-corrected chi connectivity index (χ1v) is 7.01. The number of benzene rings is 1. The molecule has 22 heavy (non-hydrogen) atoms. The molecule has 0 spiro atoms. The number of rotatable bonds is 2. The summed E-state index contributed by atoms with van der Waals surface area (Å²) >= 11 is 0. The van der Waals surface area contributed by atoms with Crippen LogP contribution in [0.4, 0.5) is 11.4 Å². The van der Waals surface area contributed by atoms with Crippen molar-refractivity contribution < 1.29 is 14.5 Å². The fraction of sp³-hybridized carbons (Fsp3) is 0.333. The summed E-state index contributed by atoms with van der Waals surface area (Å²) in [6.45, 7) is 4.51. The van der Waals surface area contributed by atoms with Crippen LogP contribution in [0.15, 0.2) is 42.6 Å². The van der Waals surface area contributed by atoms with Crippen molar-refractivity contribution in [3.63, 3.8) is 0 Å². The van der Waals surface area contributed by atoms with Gasteiger partial charge in [0.05, 0.1) is 23.2 Å². The molecule has 7 nitrogen and oxygen atoms in total. The lowest BCUT2D eigenvalue weighted by Gasteiger charge is -2.42. The van der Waals surface area contributed by atoms with Crippen molar-refractivity contribution in [2.75, 3.05) is 11.4 Å². The Morgan fingerprint density at radius 1 is 1.32 bits per heavy atom. The van der Waals surface area contributed by atoms with Gasteiger partial charge in [0.1, 0.15) is 5.60 Å². The minimum absolute atomic E-state index is 0.0153. The molecule has 0 saturated carbocycles. The van der Waals surface area contributed by atoms with Gasteiger partial charge in [-0.05, 0) is 32.1 Å². The second-order valence-electron chi connectivity index (χ2n) is 6.13. The highest BCUT2D eigenvalue weighted by Gasteiger charge is 2.60. The van der Waals surface area contributed by atoms with E-state index in [0.717, 1.165) is 5.69 Å². The zero-order chi connectivity index (χ0) is 15.5. The molecule has 1 saturated heterocycles. The Kier molecular flexibility index (Phi) is 2.40. The Bertz CT molecular complexity index is 727. The molecule has 1 aromatic carbocycles. The van der Waals surface area contributed by atoms with Crippen molar-refractivity contribution in [3.05, 3.63) is 52.7 Å². The van der Waals surface area contributed by atoms with E-state index in [1.54, 1.807) is 11.1 Å². The molecule has 0 radical (unpaired) electrons. The molecule has 3 aliphatic rings. The number of non-ortho nitro benzene ring substituents is 1. The Hall–Kier alpha value is -2.54. The maximum Gasteiger partial charge on any atom is 0.288 e. The van der Waals surface area contributed by atoms with Gasteiger partial charge in [-0.1, -0.05) is 6.08 Å². The van der Waals surface area contributed by atoms with Crippen LogP contribution in [0, 0.1) is 10.1 Å². The van der Waals surface area contributed by atoms with Crippen LogP contribution in [-0.4, -0.2) is 28.0 Å². The number of hydrogen-bond acceptors (Lipinski definition) is 6. The number of anilines is 1. The second-order valence-corrected chi connectivity index (χ2v) is 6.13. The number of nitrogens with zero attached hydrogens (tertiary/aromatic N) is 3. The summed E-state index contributed by atoms with van der Waals surface area (Å²) in [6.07, 6.45) is 7.64. The zero-order valence-corrected chi connectivity index (χ0v) is 12.2. The fourth-order valence-electron chi connectivity index (χ4n) is 2.94. The molecule has 4 rings (SSSR count). The smallest absolute Gasteiger partial charge is 0.288 e. The average molecular weight is 301 g/mol. The Labute approximate surface area is 127 Å². The lowest BCUT2D eigenvalue weighted by atomic mass is 10.0. The number of allylic oxidation sites excluding steroid dienone is 2. The molecule has 0 bridgehead atoms. The van der Waals surface area contributed by atoms with Crippen LogP contribution in [-0.2, 0) is 4.84 Å². The Balaban J connectivity index is 1.80. The van der Waals surface area contributed by atoms with Gasteiger partial charge in [-0.15, -0.1) is 0 Å². The number of hydrogen-bond donors (Lipinski definition) is 0. The van der Waals surface area contributed by atoms with Crippen LogP contribution in [0.1, 0.15) is 13.8 Å². The third kappa shape index (κ3) is 1.79. The molecule has 1 atom stereocenters. The molecule has 0 N–H and O–H groups in total. The summed E-state index contributed by atoms with van der Waals surface area (Å²) in [4.78, 5) is 18.4. The van der Waals surface area contributed by atoms with Gasteiger partial charge in [-0.3, -0.25) is 10.1 Å². The highest BCUT2D eigenvalue weighted by atomic mass is 16.9. The topological polar surface area (TPSA) is 71.2 Å². The van der Waals surface area contributed by atoms with Crippen LogP contribution < -0.4 is 9.64 Å². The lowest BCUT2D eigenvalue weighted by molar-refractivity contribution is -0.385. The third-order valence-corrected chi connectivity index (χ3v) is 3.92. The molecule has 7 heteroatoms. The van der Waals surface area contributed by atoms with E-state index in [9.17, 15) is 10.1 Å². The Morgan fingerprint density at radius 3 is 2.86 bits per heavy atom. The average Bonchev–Trinajstić information content (AvgIpc) is 3.20. The van der Waals surface area contributed by atoms with Crippen molar-refractivity contribution in [1.29, 1.82) is 0 Å². The summed E-state index contributed by atoms with van der Waals surface area (Å²) in [5.41, 5.74) is 0.317. The summed E-state index contributed by atoms with van der Waals surface area (Å²) in [6, 6.07) is 4.66. The number of hydroxylamine groups is 2. The van der Waals surface area contributed by atoms with E-state index in [2.05, 4.69) is 4.90 Å². The SMILES string of the molecule is CC1(C)CN(C23C=CC=CN2O3)c2ccc([N+](=O)[O-])cc2O1. The standard InChI is InChI=1S/C15H15N3O4/c1-14(2)10-16(15-7-3-4-8-17(15)22-15)12-6-5-11(18(19)20)9-13(12)21-14/h3-9H,10H2,1-2H3. The largest absolute Gasteiger partial charge is 0.484 e. The summed E-state index contributed by atoms with van der Waals surface area (Å²) in [5.74, 6) is -0.154. The van der Waals surface area contributed by atoms with Crippen LogP contribution in [0.3, 0.4) is 0 Å². The normalized spacial score (nSPS) is 27.0. The van der Waals surface area contributed by atoms with E-state index in [-0.39, 0.29) is 5.69 Å². The molecule has 1 aromatic rings. The van der Waals surface area contributed by atoms with Crippen LogP contribution in [0.25, 0.3) is 0 Å². The van der Waals surface area contributed by atoms with E-state index in [0.29, 0.717) is 12.3 Å². The molecular formula is C15H15N3O4. The number of nitro groups is 1. The van der Waals surface area contributed by atoms with Crippen molar-refractivity contribution in [3.8, 4) is 5.75 Å². The van der Waals surface area contributed by atoms with Gasteiger partial charge in [-0.2, -0.15) is 5.06 Å². The van der Waals surface area contributed by atoms with Gasteiger partial charge in [0.25, 0.3) is 11.5 Å². The molecular weight excluding hydrogens is 286 g/mol. The first-order chi connectivity index (χ1) is 10.4. The zero-order valence-electron chi connectivity index (χ0n) is 12.2. The van der Waals surface area contributed by atoms with Gasteiger partial charge in [-0.25, -0.2) is 4.84 Å². The second kappa shape index (κ2) is 4.01. The lowest BCUT2D eigenvalue weighted by Crippen LogP contribution is -2.53. The molecule has 1 fully saturated rings. The fourth-order valence-corrected chi connectivity index (χ4v) is 2.94. The van der Waals surface area contributed by atoms with E-state index in [1.807, 2.05) is 38.3 Å². The highest BCUT2D eigenvalue weighted by Crippen LogP contribution is 2.50. The summed E-state index contributed by atoms with van der Waals surface area (Å²) in [7, 11) is 0. The van der Waals surface area contributed by atoms with Gasteiger partial charge in [0.2, 0.25) is 0 Å². The molecule has 114 valence electrons. The number of fused-ring (bicyclic) bond motifs is 2. The molecule has 3 aliphatic heterocycles. The third-order valence-electron chi connectivity index (χ3n) is 3.92. The molecule has 1 unspecified atom stereocenters. The minimum Gasteiger partial charge on any atom is -0.484 e. The van der Waals surface area contributed by atoms with Crippen molar-refractivity contribution in [1.82, 2.24) is 5.06 Å². The number of ether oxygens (including phenoxy) is 1. The molecule has 0 aliphatic carbocycles. The van der Waals surface area contributed by atoms with Crippen molar-refractivity contribution in [2.24, 2.45) is 0 Å². The summed E-state index contributed by atoms with van der Waals surface area (Å²) in [5, 5.41) is 12.7. The van der Waals surface area contributed by atoms with Crippen LogP contribution >= 0.6 is 0 Å². The van der Waals surface area contributed by atoms with Crippen LogP contribution in [0.2, 0.25) is 0 Å². The van der Waals surface area contributed by atoms with E-state index >= 15 is 0 Å². The monoisotopic (exact) mass is 301 g/mol. The molecule has 0 amide bonds. The minimum atomic E-state index is -0.652. The van der Waals surface area contributed by atoms with Gasteiger partial charge in [0, 0.05) is 12.3 Å². The van der Waals surface area contributed by atoms with E-state index < -0.39 is 16.4 Å².